The van der Waals surface area contributed by atoms with Crippen molar-refractivity contribution in [3.05, 3.63) is 28.8 Å². The molecule has 1 aliphatic rings. The van der Waals surface area contributed by atoms with E-state index in [1.165, 1.54) is 25.7 Å². The molecule has 0 radical (unpaired) electrons. The fraction of sp³-hybridized carbons (Fsp3) is 0.533. The number of hydrogen-bond donors (Lipinski definition) is 2. The molecule has 1 aromatic carbocycles. The van der Waals surface area contributed by atoms with E-state index in [4.69, 9.17) is 17.3 Å². The molecule has 0 bridgehead atoms. The van der Waals surface area contributed by atoms with Gasteiger partial charge in [0.05, 0.1) is 10.6 Å². The first-order valence-electron chi connectivity index (χ1n) is 6.89. The predicted molar refractivity (Wildman–Crippen MR) is 79.6 cm³/mol. The van der Waals surface area contributed by atoms with Crippen LogP contribution in [-0.2, 0) is 0 Å². The topological polar surface area (TPSA) is 55.1 Å². The Balaban J connectivity index is 1.92. The molecule has 0 spiro atoms. The summed E-state index contributed by atoms with van der Waals surface area (Å²) in [6.45, 7) is 3.27. The van der Waals surface area contributed by atoms with Crippen molar-refractivity contribution in [3.63, 3.8) is 0 Å². The van der Waals surface area contributed by atoms with Crippen LogP contribution in [0.4, 0.5) is 5.69 Å². The number of benzene rings is 1. The number of nitrogens with one attached hydrogen (secondary N) is 1. The normalized spacial score (nSPS) is 23.1. The van der Waals surface area contributed by atoms with Gasteiger partial charge in [0, 0.05) is 12.2 Å². The molecule has 3 N–H and O–H groups in total. The van der Waals surface area contributed by atoms with Crippen LogP contribution in [0.5, 0.6) is 0 Å². The summed E-state index contributed by atoms with van der Waals surface area (Å²) >= 11 is 5.93. The molecule has 0 aliphatic heterocycles. The van der Waals surface area contributed by atoms with Gasteiger partial charge < -0.3 is 11.1 Å². The number of hydrogen-bond acceptors (Lipinski definition) is 2. The molecule has 0 saturated heterocycles. The molecule has 1 fully saturated rings. The van der Waals surface area contributed by atoms with E-state index in [0.29, 0.717) is 10.6 Å². The largest absolute Gasteiger partial charge is 0.385 e. The SMILES string of the molecule is CC1CCC(CNc2ccc(Cl)c(C(N)=O)c2)CC1. The summed E-state index contributed by atoms with van der Waals surface area (Å²) in [6, 6.07) is 5.34. The predicted octanol–water partition coefficient (Wildman–Crippen LogP) is 3.68. The summed E-state index contributed by atoms with van der Waals surface area (Å²) in [6.07, 6.45) is 5.20. The Bertz CT molecular complexity index is 453. The molecule has 1 saturated carbocycles. The van der Waals surface area contributed by atoms with Crippen LogP contribution in [-0.4, -0.2) is 12.5 Å². The highest BCUT2D eigenvalue weighted by molar-refractivity contribution is 6.33. The van der Waals surface area contributed by atoms with Crippen molar-refractivity contribution in [3.8, 4) is 0 Å². The standard InChI is InChI=1S/C15H21ClN2O/c1-10-2-4-11(5-3-10)9-18-12-6-7-14(16)13(8-12)15(17)19/h6-8,10-11,18H,2-5,9H2,1H3,(H2,17,19). The molecule has 19 heavy (non-hydrogen) atoms. The molecule has 1 amide bonds. The van der Waals surface area contributed by atoms with Gasteiger partial charge in [0.25, 0.3) is 0 Å². The van der Waals surface area contributed by atoms with Gasteiger partial charge in [-0.2, -0.15) is 0 Å². The minimum atomic E-state index is -0.486. The van der Waals surface area contributed by atoms with Gasteiger partial charge in [0.15, 0.2) is 0 Å². The fourth-order valence-corrected chi connectivity index (χ4v) is 2.83. The summed E-state index contributed by atoms with van der Waals surface area (Å²) < 4.78 is 0. The molecule has 0 unspecified atom stereocenters. The number of anilines is 1. The Morgan fingerprint density at radius 3 is 2.68 bits per heavy atom. The van der Waals surface area contributed by atoms with Crippen LogP contribution in [0.25, 0.3) is 0 Å². The first-order chi connectivity index (χ1) is 9.06. The van der Waals surface area contributed by atoms with E-state index in [0.717, 1.165) is 24.1 Å². The summed E-state index contributed by atoms with van der Waals surface area (Å²) in [7, 11) is 0. The number of carbonyl (C=O) groups is 1. The molecule has 0 heterocycles. The van der Waals surface area contributed by atoms with Crippen molar-refractivity contribution < 1.29 is 4.79 Å². The second-order valence-corrected chi connectivity index (χ2v) is 5.97. The van der Waals surface area contributed by atoms with E-state index < -0.39 is 5.91 Å². The highest BCUT2D eigenvalue weighted by atomic mass is 35.5. The third-order valence-corrected chi connectivity index (χ3v) is 4.29. The average Bonchev–Trinajstić information content (AvgIpc) is 2.39. The average molecular weight is 281 g/mol. The van der Waals surface area contributed by atoms with Crippen molar-refractivity contribution in [2.24, 2.45) is 17.6 Å². The molecule has 0 atom stereocenters. The Labute approximate surface area is 119 Å². The van der Waals surface area contributed by atoms with Crippen molar-refractivity contribution in [1.29, 1.82) is 0 Å². The molecule has 1 aliphatic carbocycles. The summed E-state index contributed by atoms with van der Waals surface area (Å²) in [5.41, 5.74) is 6.58. The van der Waals surface area contributed by atoms with Gasteiger partial charge in [0.2, 0.25) is 5.91 Å². The minimum absolute atomic E-state index is 0.379. The second-order valence-electron chi connectivity index (χ2n) is 5.57. The van der Waals surface area contributed by atoms with E-state index in [1.54, 1.807) is 12.1 Å². The lowest BCUT2D eigenvalue weighted by atomic mass is 9.83. The smallest absolute Gasteiger partial charge is 0.250 e. The number of nitrogens with two attached hydrogens (primary N) is 1. The van der Waals surface area contributed by atoms with Gasteiger partial charge in [-0.25, -0.2) is 0 Å². The number of rotatable bonds is 4. The molecule has 0 aromatic heterocycles. The van der Waals surface area contributed by atoms with E-state index in [-0.39, 0.29) is 0 Å². The second kappa shape index (κ2) is 6.29. The maximum Gasteiger partial charge on any atom is 0.250 e. The lowest BCUT2D eigenvalue weighted by Crippen LogP contribution is -2.20. The third kappa shape index (κ3) is 3.87. The lowest BCUT2D eigenvalue weighted by Gasteiger charge is -2.26. The fourth-order valence-electron chi connectivity index (χ4n) is 2.62. The zero-order valence-corrected chi connectivity index (χ0v) is 12.0. The van der Waals surface area contributed by atoms with Crippen molar-refractivity contribution in [2.75, 3.05) is 11.9 Å². The van der Waals surface area contributed by atoms with Gasteiger partial charge in [-0.15, -0.1) is 0 Å². The quantitative estimate of drug-likeness (QED) is 0.884. The maximum atomic E-state index is 11.2. The number of amides is 1. The van der Waals surface area contributed by atoms with Gasteiger partial charge in [-0.1, -0.05) is 31.4 Å². The van der Waals surface area contributed by atoms with Crippen LogP contribution in [0.1, 0.15) is 43.0 Å². The van der Waals surface area contributed by atoms with Crippen molar-refractivity contribution >= 4 is 23.2 Å². The molecular formula is C15H21ClN2O. The molecule has 2 rings (SSSR count). The third-order valence-electron chi connectivity index (χ3n) is 3.96. The van der Waals surface area contributed by atoms with Crippen LogP contribution in [0.3, 0.4) is 0 Å². The van der Waals surface area contributed by atoms with Gasteiger partial charge in [-0.05, 0) is 42.9 Å². The van der Waals surface area contributed by atoms with E-state index in [1.807, 2.05) is 6.07 Å². The molecule has 1 aromatic rings. The number of halogens is 1. The molecule has 3 nitrogen and oxygen atoms in total. The minimum Gasteiger partial charge on any atom is -0.385 e. The molecule has 104 valence electrons. The number of primary amides is 1. The highest BCUT2D eigenvalue weighted by Gasteiger charge is 2.18. The Hall–Kier alpha value is -1.22. The Morgan fingerprint density at radius 2 is 2.05 bits per heavy atom. The number of carbonyl (C=O) groups excluding carboxylic acids is 1. The van der Waals surface area contributed by atoms with Crippen molar-refractivity contribution in [2.45, 2.75) is 32.6 Å². The zero-order valence-electron chi connectivity index (χ0n) is 11.3. The van der Waals surface area contributed by atoms with Crippen LogP contribution in [0.2, 0.25) is 5.02 Å². The Morgan fingerprint density at radius 1 is 1.37 bits per heavy atom. The Kier molecular flexibility index (Phi) is 4.70. The summed E-state index contributed by atoms with van der Waals surface area (Å²) in [4.78, 5) is 11.2. The van der Waals surface area contributed by atoms with E-state index >= 15 is 0 Å². The lowest BCUT2D eigenvalue weighted by molar-refractivity contribution is 0.100. The maximum absolute atomic E-state index is 11.2. The van der Waals surface area contributed by atoms with Gasteiger partial charge in [-0.3, -0.25) is 4.79 Å². The van der Waals surface area contributed by atoms with E-state index in [9.17, 15) is 4.79 Å². The van der Waals surface area contributed by atoms with Crippen LogP contribution in [0.15, 0.2) is 18.2 Å². The molecule has 4 heteroatoms. The van der Waals surface area contributed by atoms with Gasteiger partial charge >= 0.3 is 0 Å². The summed E-state index contributed by atoms with van der Waals surface area (Å²) in [5, 5.41) is 3.79. The molecular weight excluding hydrogens is 260 g/mol. The first kappa shape index (κ1) is 14.2. The van der Waals surface area contributed by atoms with Gasteiger partial charge in [0.1, 0.15) is 0 Å². The highest BCUT2D eigenvalue weighted by Crippen LogP contribution is 2.28. The van der Waals surface area contributed by atoms with Crippen LogP contribution < -0.4 is 11.1 Å². The summed E-state index contributed by atoms with van der Waals surface area (Å²) in [5.74, 6) is 1.11. The first-order valence-corrected chi connectivity index (χ1v) is 7.27. The van der Waals surface area contributed by atoms with Crippen molar-refractivity contribution in [1.82, 2.24) is 0 Å². The zero-order chi connectivity index (χ0) is 13.8. The van der Waals surface area contributed by atoms with E-state index in [2.05, 4.69) is 12.2 Å². The monoisotopic (exact) mass is 280 g/mol. The van der Waals surface area contributed by atoms with Crippen LogP contribution >= 0.6 is 11.6 Å². The van der Waals surface area contributed by atoms with Crippen LogP contribution in [0, 0.1) is 11.8 Å².